The fourth-order valence-corrected chi connectivity index (χ4v) is 1.78. The maximum Gasteiger partial charge on any atom is 0.321 e. The molecule has 0 aliphatic carbocycles. The fourth-order valence-electron chi connectivity index (χ4n) is 1.55. The molecule has 0 radical (unpaired) electrons. The van der Waals surface area contributed by atoms with Crippen molar-refractivity contribution in [2.45, 2.75) is 32.1 Å². The van der Waals surface area contributed by atoms with E-state index in [1.165, 1.54) is 0 Å². The van der Waals surface area contributed by atoms with E-state index in [2.05, 4.69) is 46.5 Å². The van der Waals surface area contributed by atoms with Crippen LogP contribution in [0.4, 0.5) is 9.59 Å². The summed E-state index contributed by atoms with van der Waals surface area (Å²) in [5, 5.41) is 9.34. The summed E-state index contributed by atoms with van der Waals surface area (Å²) in [4.78, 5) is 45.3. The zero-order valence-corrected chi connectivity index (χ0v) is 14.7. The van der Waals surface area contributed by atoms with Crippen molar-refractivity contribution in [3.05, 3.63) is 0 Å². The van der Waals surface area contributed by atoms with Gasteiger partial charge in [-0.3, -0.25) is 20.2 Å². The van der Waals surface area contributed by atoms with E-state index in [0.29, 0.717) is 43.9 Å². The van der Waals surface area contributed by atoms with Crippen LogP contribution in [0.5, 0.6) is 0 Å². The van der Waals surface area contributed by atoms with Gasteiger partial charge in [-0.1, -0.05) is 6.42 Å². The number of urea groups is 2. The molecule has 0 unspecified atom stereocenters. The van der Waals surface area contributed by atoms with Crippen molar-refractivity contribution in [3.63, 3.8) is 0 Å². The summed E-state index contributed by atoms with van der Waals surface area (Å²) < 4.78 is 0. The number of unbranched alkanes of at least 4 members (excludes halogenated alkanes) is 2. The summed E-state index contributed by atoms with van der Waals surface area (Å²) in [6, 6.07) is -1.06. The minimum atomic E-state index is -0.532. The Kier molecular flexibility index (Phi) is 13.3. The third-order valence-electron chi connectivity index (χ3n) is 2.61. The fraction of sp³-hybridized carbons (Fsp3) is 0.692. The van der Waals surface area contributed by atoms with E-state index < -0.39 is 12.1 Å². The second-order valence-corrected chi connectivity index (χ2v) is 5.51. The van der Waals surface area contributed by atoms with Gasteiger partial charge in [-0.25, -0.2) is 9.59 Å². The lowest BCUT2D eigenvalue weighted by molar-refractivity contribution is -0.120. The van der Waals surface area contributed by atoms with Crippen LogP contribution < -0.4 is 21.3 Å². The highest BCUT2D eigenvalue weighted by atomic mass is 32.1. The first kappa shape index (κ1) is 21.6. The summed E-state index contributed by atoms with van der Waals surface area (Å²) in [6.07, 6.45) is 2.18. The molecule has 0 aliphatic heterocycles. The predicted octanol–water partition coefficient (Wildman–Crippen LogP) is 0.448. The van der Waals surface area contributed by atoms with Crippen LogP contribution in [0.15, 0.2) is 0 Å². The molecule has 0 heterocycles. The number of nitrogens with one attached hydrogen (secondary N) is 4. The molecular formula is C13H24N4O4S2. The van der Waals surface area contributed by atoms with Crippen molar-refractivity contribution in [2.75, 3.05) is 24.6 Å². The Balaban J connectivity index is 3.60. The van der Waals surface area contributed by atoms with Crippen molar-refractivity contribution in [3.8, 4) is 0 Å². The lowest BCUT2D eigenvalue weighted by Gasteiger charge is -2.06. The Morgan fingerprint density at radius 2 is 1.04 bits per heavy atom. The number of imide groups is 2. The van der Waals surface area contributed by atoms with Crippen LogP contribution in [0.2, 0.25) is 0 Å². The molecule has 0 fully saturated rings. The highest BCUT2D eigenvalue weighted by Crippen LogP contribution is 2.03. The maximum atomic E-state index is 11.4. The van der Waals surface area contributed by atoms with Gasteiger partial charge >= 0.3 is 12.1 Å². The molecule has 23 heavy (non-hydrogen) atoms. The highest BCUT2D eigenvalue weighted by Gasteiger charge is 2.08. The van der Waals surface area contributed by atoms with Crippen molar-refractivity contribution in [2.24, 2.45) is 0 Å². The van der Waals surface area contributed by atoms with Gasteiger partial charge in [0.25, 0.3) is 0 Å². The van der Waals surface area contributed by atoms with Gasteiger partial charge in [0.05, 0.1) is 0 Å². The third-order valence-corrected chi connectivity index (χ3v) is 3.06. The number of amides is 6. The van der Waals surface area contributed by atoms with Crippen molar-refractivity contribution in [1.82, 2.24) is 21.3 Å². The zero-order valence-electron chi connectivity index (χ0n) is 12.9. The van der Waals surface area contributed by atoms with Crippen LogP contribution in [-0.2, 0) is 9.59 Å². The standard InChI is InChI=1S/C13H24N4O4S2/c18-10(16-12(20)14-6-8-22)4-2-1-3-5-11(19)17-13(21)15-7-9-23/h22-23H,1-9H2,(H2,14,16,18,20)(H2,15,17,19,21). The van der Waals surface area contributed by atoms with Crippen molar-refractivity contribution in [1.29, 1.82) is 0 Å². The Morgan fingerprint density at radius 3 is 1.39 bits per heavy atom. The number of hydrogen-bond donors (Lipinski definition) is 6. The van der Waals surface area contributed by atoms with E-state index in [1.807, 2.05) is 0 Å². The largest absolute Gasteiger partial charge is 0.337 e. The summed E-state index contributed by atoms with van der Waals surface area (Å²) in [5.41, 5.74) is 0. The minimum absolute atomic E-state index is 0.207. The van der Waals surface area contributed by atoms with Gasteiger partial charge in [0.1, 0.15) is 0 Å². The Morgan fingerprint density at radius 1 is 0.652 bits per heavy atom. The molecule has 0 aromatic heterocycles. The van der Waals surface area contributed by atoms with E-state index in [9.17, 15) is 19.2 Å². The topological polar surface area (TPSA) is 116 Å². The molecule has 132 valence electrons. The minimum Gasteiger partial charge on any atom is -0.337 e. The van der Waals surface area contributed by atoms with Gasteiger partial charge in [-0.15, -0.1) is 0 Å². The molecule has 4 N–H and O–H groups in total. The van der Waals surface area contributed by atoms with Gasteiger partial charge in [0.15, 0.2) is 0 Å². The maximum absolute atomic E-state index is 11.4. The molecule has 0 aromatic rings. The van der Waals surface area contributed by atoms with Gasteiger partial charge in [0, 0.05) is 37.4 Å². The van der Waals surface area contributed by atoms with Crippen LogP contribution in [0.3, 0.4) is 0 Å². The summed E-state index contributed by atoms with van der Waals surface area (Å²) in [6.45, 7) is 0.776. The predicted molar refractivity (Wildman–Crippen MR) is 93.9 cm³/mol. The van der Waals surface area contributed by atoms with Crippen molar-refractivity contribution < 1.29 is 19.2 Å². The average Bonchev–Trinajstić information content (AvgIpc) is 2.50. The molecule has 0 aromatic carbocycles. The second-order valence-electron chi connectivity index (χ2n) is 4.62. The van der Waals surface area contributed by atoms with E-state index in [0.717, 1.165) is 0 Å². The molecule has 0 saturated carbocycles. The summed E-state index contributed by atoms with van der Waals surface area (Å²) in [7, 11) is 0. The number of hydrogen-bond acceptors (Lipinski definition) is 6. The number of carbonyl (C=O) groups excluding carboxylic acids is 4. The molecule has 6 amide bonds. The first-order valence-electron chi connectivity index (χ1n) is 7.36. The van der Waals surface area contributed by atoms with Gasteiger partial charge < -0.3 is 10.6 Å². The third kappa shape index (κ3) is 13.9. The molecule has 10 heteroatoms. The molecule has 0 spiro atoms. The lowest BCUT2D eigenvalue weighted by atomic mass is 10.1. The molecule has 0 rings (SSSR count). The number of rotatable bonds is 10. The zero-order chi connectivity index (χ0) is 17.5. The number of thiol groups is 2. The van der Waals surface area contributed by atoms with E-state index in [1.54, 1.807) is 0 Å². The van der Waals surface area contributed by atoms with Gasteiger partial charge in [0.2, 0.25) is 11.8 Å². The monoisotopic (exact) mass is 364 g/mol. The molecule has 8 nitrogen and oxygen atoms in total. The lowest BCUT2D eigenvalue weighted by Crippen LogP contribution is -2.40. The average molecular weight is 364 g/mol. The van der Waals surface area contributed by atoms with Gasteiger partial charge in [-0.05, 0) is 12.8 Å². The highest BCUT2D eigenvalue weighted by molar-refractivity contribution is 7.80. The normalized spacial score (nSPS) is 9.83. The van der Waals surface area contributed by atoms with Crippen molar-refractivity contribution >= 4 is 49.1 Å². The smallest absolute Gasteiger partial charge is 0.321 e. The van der Waals surface area contributed by atoms with Crippen LogP contribution in [0.1, 0.15) is 32.1 Å². The van der Waals surface area contributed by atoms with Gasteiger partial charge in [-0.2, -0.15) is 25.3 Å². The molecule has 0 saturated heterocycles. The Labute approximate surface area is 146 Å². The molecule has 0 bridgehead atoms. The van der Waals surface area contributed by atoms with E-state index in [4.69, 9.17) is 0 Å². The molecular weight excluding hydrogens is 340 g/mol. The van der Waals surface area contributed by atoms with Crippen LogP contribution in [0.25, 0.3) is 0 Å². The van der Waals surface area contributed by atoms with Crippen LogP contribution >= 0.6 is 25.3 Å². The second kappa shape index (κ2) is 14.2. The van der Waals surface area contributed by atoms with E-state index in [-0.39, 0.29) is 24.7 Å². The first-order valence-corrected chi connectivity index (χ1v) is 8.63. The quantitative estimate of drug-likeness (QED) is 0.249. The van der Waals surface area contributed by atoms with E-state index >= 15 is 0 Å². The summed E-state index contributed by atoms with van der Waals surface area (Å²) >= 11 is 7.86. The Hall–Kier alpha value is -1.42. The van der Waals surface area contributed by atoms with Crippen LogP contribution in [-0.4, -0.2) is 48.5 Å². The summed E-state index contributed by atoms with van der Waals surface area (Å²) in [5.74, 6) is 0.265. The number of carbonyl (C=O) groups is 4. The first-order chi connectivity index (χ1) is 11.0. The van der Waals surface area contributed by atoms with Crippen LogP contribution in [0, 0.1) is 0 Å². The SMILES string of the molecule is O=C(CCCCCC(=O)NC(=O)NCCS)NC(=O)NCCS. The molecule has 0 atom stereocenters. The molecule has 0 aliphatic rings. The Bertz CT molecular complexity index is 371.